The molecule has 0 radical (unpaired) electrons. The lowest BCUT2D eigenvalue weighted by atomic mass is 10.0. The molecule has 3 heteroatoms. The fourth-order valence-electron chi connectivity index (χ4n) is 2.28. The Bertz CT molecular complexity index is 531. The Balaban J connectivity index is 0.000000277. The van der Waals surface area contributed by atoms with E-state index in [-0.39, 0.29) is 11.5 Å². The molecule has 0 saturated carbocycles. The van der Waals surface area contributed by atoms with Crippen LogP contribution < -0.4 is 0 Å². The molecule has 0 saturated heterocycles. The van der Waals surface area contributed by atoms with Crippen LogP contribution in [0.3, 0.4) is 0 Å². The van der Waals surface area contributed by atoms with E-state index in [2.05, 4.69) is 6.92 Å². The number of aryl methyl sites for hydroxylation is 1. The van der Waals surface area contributed by atoms with Crippen LogP contribution in [0.4, 0.5) is 0 Å². The van der Waals surface area contributed by atoms with Crippen molar-refractivity contribution in [2.24, 2.45) is 0 Å². The van der Waals surface area contributed by atoms with Crippen LogP contribution in [0.25, 0.3) is 0 Å². The minimum absolute atomic E-state index is 0.0764. The fraction of sp³-hybridized carbons (Fsp3) is 0.400. The smallest absolute Gasteiger partial charge is 0.157 e. The first kappa shape index (κ1) is 18.9. The fourth-order valence-corrected chi connectivity index (χ4v) is 2.28. The number of rotatable bonds is 7. The van der Waals surface area contributed by atoms with E-state index in [1.54, 1.807) is 18.2 Å². The van der Waals surface area contributed by atoms with E-state index in [0.29, 0.717) is 5.75 Å². The topological polar surface area (TPSA) is 60.7 Å². The molecule has 0 heterocycles. The van der Waals surface area contributed by atoms with Gasteiger partial charge in [0.15, 0.2) is 11.5 Å². The number of para-hydroxylation sites is 3. The molecule has 0 aliphatic carbocycles. The van der Waals surface area contributed by atoms with Gasteiger partial charge in [-0.2, -0.15) is 0 Å². The van der Waals surface area contributed by atoms with E-state index in [4.69, 9.17) is 10.2 Å². The molecule has 3 N–H and O–H groups in total. The van der Waals surface area contributed by atoms with Gasteiger partial charge in [-0.15, -0.1) is 0 Å². The minimum atomic E-state index is -0.0764. The molecular weight excluding hydrogens is 288 g/mol. The molecule has 0 amide bonds. The Morgan fingerprint density at radius 1 is 0.609 bits per heavy atom. The molecule has 0 bridgehead atoms. The molecule has 2 aromatic carbocycles. The van der Waals surface area contributed by atoms with Gasteiger partial charge in [0.1, 0.15) is 5.75 Å². The summed E-state index contributed by atoms with van der Waals surface area (Å²) >= 11 is 0. The van der Waals surface area contributed by atoms with Crippen LogP contribution in [-0.2, 0) is 6.42 Å². The number of hydrogen-bond acceptors (Lipinski definition) is 3. The molecule has 0 unspecified atom stereocenters. The molecule has 2 rings (SSSR count). The Morgan fingerprint density at radius 2 is 1.09 bits per heavy atom. The summed E-state index contributed by atoms with van der Waals surface area (Å²) in [6, 6.07) is 13.8. The van der Waals surface area contributed by atoms with Crippen molar-refractivity contribution >= 4 is 0 Å². The van der Waals surface area contributed by atoms with Crippen molar-refractivity contribution in [3.63, 3.8) is 0 Å². The standard InChI is InChI=1S/C14H22O.C6H6O2/c1-2-3-4-5-6-7-10-13-11-8-9-12-14(13)15;7-5-3-1-2-4-6(5)8/h8-9,11-12,15H,2-7,10H2,1H3;1-4,7-8H. The van der Waals surface area contributed by atoms with E-state index >= 15 is 0 Å². The molecule has 0 spiro atoms. The van der Waals surface area contributed by atoms with Gasteiger partial charge in [-0.05, 0) is 36.6 Å². The first-order valence-corrected chi connectivity index (χ1v) is 8.39. The van der Waals surface area contributed by atoms with E-state index in [1.165, 1.54) is 50.7 Å². The molecule has 0 atom stereocenters. The SMILES string of the molecule is CCCCCCCCc1ccccc1O.Oc1ccccc1O. The summed E-state index contributed by atoms with van der Waals surface area (Å²) in [6.45, 7) is 2.24. The van der Waals surface area contributed by atoms with Crippen LogP contribution in [-0.4, -0.2) is 15.3 Å². The molecule has 0 aromatic heterocycles. The summed E-state index contributed by atoms with van der Waals surface area (Å²) in [6.07, 6.45) is 8.85. The summed E-state index contributed by atoms with van der Waals surface area (Å²) in [7, 11) is 0. The highest BCUT2D eigenvalue weighted by atomic mass is 16.3. The first-order chi connectivity index (χ1) is 11.1. The van der Waals surface area contributed by atoms with Crippen molar-refractivity contribution < 1.29 is 15.3 Å². The third-order valence-electron chi connectivity index (χ3n) is 3.67. The number of aromatic hydroxyl groups is 3. The average Bonchev–Trinajstić information content (AvgIpc) is 2.56. The van der Waals surface area contributed by atoms with Crippen LogP contribution in [0, 0.1) is 0 Å². The minimum Gasteiger partial charge on any atom is -0.508 e. The number of hydrogen-bond donors (Lipinski definition) is 3. The van der Waals surface area contributed by atoms with Crippen molar-refractivity contribution in [1.29, 1.82) is 0 Å². The highest BCUT2D eigenvalue weighted by Crippen LogP contribution is 2.21. The number of unbranched alkanes of at least 4 members (excludes halogenated alkanes) is 5. The predicted molar refractivity (Wildman–Crippen MR) is 95.0 cm³/mol. The maximum Gasteiger partial charge on any atom is 0.157 e. The van der Waals surface area contributed by atoms with Gasteiger partial charge in [0.05, 0.1) is 0 Å². The Hall–Kier alpha value is -2.16. The van der Waals surface area contributed by atoms with Crippen molar-refractivity contribution in [3.8, 4) is 17.2 Å². The molecule has 2 aromatic rings. The van der Waals surface area contributed by atoms with E-state index in [0.717, 1.165) is 12.0 Å². The molecule has 3 nitrogen and oxygen atoms in total. The van der Waals surface area contributed by atoms with Crippen LogP contribution in [0.15, 0.2) is 48.5 Å². The lowest BCUT2D eigenvalue weighted by molar-refractivity contribution is 0.404. The van der Waals surface area contributed by atoms with Gasteiger partial charge in [-0.1, -0.05) is 69.4 Å². The van der Waals surface area contributed by atoms with Crippen molar-refractivity contribution in [1.82, 2.24) is 0 Å². The zero-order chi connectivity index (χ0) is 16.9. The van der Waals surface area contributed by atoms with Gasteiger partial charge in [0.2, 0.25) is 0 Å². The zero-order valence-corrected chi connectivity index (χ0v) is 13.9. The highest BCUT2D eigenvalue weighted by molar-refractivity contribution is 5.36. The molecule has 0 aliphatic heterocycles. The van der Waals surface area contributed by atoms with Crippen LogP contribution in [0.5, 0.6) is 17.2 Å². The third-order valence-corrected chi connectivity index (χ3v) is 3.67. The van der Waals surface area contributed by atoms with E-state index in [9.17, 15) is 5.11 Å². The molecule has 0 fully saturated rings. The summed E-state index contributed by atoms with van der Waals surface area (Å²) in [4.78, 5) is 0. The number of phenolic OH excluding ortho intramolecular Hbond substituents is 3. The summed E-state index contributed by atoms with van der Waals surface area (Å²) < 4.78 is 0. The number of benzene rings is 2. The van der Waals surface area contributed by atoms with Crippen molar-refractivity contribution in [2.75, 3.05) is 0 Å². The van der Waals surface area contributed by atoms with Gasteiger partial charge in [-0.25, -0.2) is 0 Å². The monoisotopic (exact) mass is 316 g/mol. The summed E-state index contributed by atoms with van der Waals surface area (Å²) in [5.74, 6) is 0.297. The quantitative estimate of drug-likeness (QED) is 0.474. The normalized spacial score (nSPS) is 9.96. The second-order valence-corrected chi connectivity index (χ2v) is 5.64. The van der Waals surface area contributed by atoms with Crippen LogP contribution in [0.1, 0.15) is 51.0 Å². The van der Waals surface area contributed by atoms with Gasteiger partial charge in [-0.3, -0.25) is 0 Å². The van der Waals surface area contributed by atoms with Crippen molar-refractivity contribution in [3.05, 3.63) is 54.1 Å². The Kier molecular flexibility index (Phi) is 9.37. The largest absolute Gasteiger partial charge is 0.508 e. The number of phenols is 3. The Morgan fingerprint density at radius 3 is 1.61 bits per heavy atom. The van der Waals surface area contributed by atoms with Crippen LogP contribution in [0.2, 0.25) is 0 Å². The van der Waals surface area contributed by atoms with Gasteiger partial charge in [0, 0.05) is 0 Å². The zero-order valence-electron chi connectivity index (χ0n) is 13.9. The third kappa shape index (κ3) is 8.15. The van der Waals surface area contributed by atoms with Gasteiger partial charge in [0.25, 0.3) is 0 Å². The Labute approximate surface area is 139 Å². The lowest BCUT2D eigenvalue weighted by Crippen LogP contribution is -1.86. The second kappa shape index (κ2) is 11.4. The predicted octanol–water partition coefficient (Wildman–Crippen LogP) is 5.39. The first-order valence-electron chi connectivity index (χ1n) is 8.39. The lowest BCUT2D eigenvalue weighted by Gasteiger charge is -2.03. The molecular formula is C20H28O3. The van der Waals surface area contributed by atoms with Gasteiger partial charge >= 0.3 is 0 Å². The maximum atomic E-state index is 9.55. The molecule has 23 heavy (non-hydrogen) atoms. The highest BCUT2D eigenvalue weighted by Gasteiger charge is 1.98. The second-order valence-electron chi connectivity index (χ2n) is 5.64. The summed E-state index contributed by atoms with van der Waals surface area (Å²) in [5.41, 5.74) is 1.09. The molecule has 126 valence electrons. The van der Waals surface area contributed by atoms with Crippen LogP contribution >= 0.6 is 0 Å². The molecule has 0 aliphatic rings. The summed E-state index contributed by atoms with van der Waals surface area (Å²) in [5, 5.41) is 26.9. The maximum absolute atomic E-state index is 9.55. The van der Waals surface area contributed by atoms with E-state index < -0.39 is 0 Å². The van der Waals surface area contributed by atoms with Gasteiger partial charge < -0.3 is 15.3 Å². The average molecular weight is 316 g/mol. The van der Waals surface area contributed by atoms with Crippen molar-refractivity contribution in [2.45, 2.75) is 51.9 Å². The van der Waals surface area contributed by atoms with E-state index in [1.807, 2.05) is 18.2 Å².